The largest absolute Gasteiger partial charge is 0.482 e. The maximum absolute atomic E-state index is 14.3. The Morgan fingerprint density at radius 2 is 2.00 bits per heavy atom. The van der Waals surface area contributed by atoms with Crippen molar-refractivity contribution in [3.63, 3.8) is 0 Å². The van der Waals surface area contributed by atoms with E-state index < -0.39 is 11.9 Å². The molecule has 34 heavy (non-hydrogen) atoms. The van der Waals surface area contributed by atoms with Gasteiger partial charge < -0.3 is 10.5 Å². The molecule has 2 bridgehead atoms. The van der Waals surface area contributed by atoms with E-state index in [4.69, 9.17) is 15.6 Å². The molecule has 0 spiro atoms. The molecule has 0 radical (unpaired) electrons. The van der Waals surface area contributed by atoms with E-state index in [1.165, 1.54) is 18.6 Å². The van der Waals surface area contributed by atoms with E-state index in [9.17, 15) is 9.65 Å². The van der Waals surface area contributed by atoms with E-state index in [0.717, 1.165) is 29.7 Å². The number of aromatic nitrogens is 5. The van der Waals surface area contributed by atoms with Crippen molar-refractivity contribution in [3.8, 4) is 34.3 Å². The number of hydrogen-bond donors (Lipinski definition) is 1. The lowest BCUT2D eigenvalue weighted by Gasteiger charge is -2.28. The lowest BCUT2D eigenvalue weighted by molar-refractivity contribution is 0.227. The topological polar surface area (TPSA) is 108 Å². The number of ether oxygens (including phenoxy) is 1. The second-order valence-corrected chi connectivity index (χ2v) is 8.82. The van der Waals surface area contributed by atoms with Crippen LogP contribution in [0.3, 0.4) is 0 Å². The third-order valence-corrected chi connectivity index (χ3v) is 6.74. The van der Waals surface area contributed by atoms with Gasteiger partial charge in [-0.15, -0.1) is 0 Å². The average molecular weight is 455 g/mol. The molecule has 170 valence electrons. The molecule has 1 aromatic carbocycles. The highest BCUT2D eigenvalue weighted by atomic mass is 19.1. The highest BCUT2D eigenvalue weighted by molar-refractivity contribution is 5.72. The lowest BCUT2D eigenvalue weighted by Crippen LogP contribution is -2.19. The summed E-state index contributed by atoms with van der Waals surface area (Å²) in [5, 5.41) is 19.1. The van der Waals surface area contributed by atoms with Crippen molar-refractivity contribution in [2.45, 2.75) is 44.9 Å². The predicted molar refractivity (Wildman–Crippen MR) is 123 cm³/mol. The maximum atomic E-state index is 14.3. The molecular formula is C25H22FN7O. The number of fused-ring (bicyclic) bond motifs is 7. The van der Waals surface area contributed by atoms with Crippen LogP contribution in [0, 0.1) is 17.1 Å². The van der Waals surface area contributed by atoms with Crippen LogP contribution in [0.1, 0.15) is 55.0 Å². The normalized spacial score (nSPS) is 17.1. The molecule has 1 saturated carbocycles. The van der Waals surface area contributed by atoms with Gasteiger partial charge in [-0.2, -0.15) is 15.5 Å². The SMILES string of the molecule is CC1Oc2cc(cnc2N)-c2c(cnn2C2CCC2)Cn2ncc(C#N)c2-c2ccc(F)cc21. The van der Waals surface area contributed by atoms with Gasteiger partial charge in [-0.1, -0.05) is 0 Å². The fourth-order valence-electron chi connectivity index (χ4n) is 4.79. The molecule has 1 aliphatic heterocycles. The number of nitriles is 1. The minimum atomic E-state index is -0.560. The summed E-state index contributed by atoms with van der Waals surface area (Å²) in [6.07, 6.45) is 7.88. The second-order valence-electron chi connectivity index (χ2n) is 8.82. The summed E-state index contributed by atoms with van der Waals surface area (Å²) < 4.78 is 24.4. The Labute approximate surface area is 195 Å². The van der Waals surface area contributed by atoms with E-state index in [0.29, 0.717) is 40.7 Å². The molecule has 2 aliphatic rings. The predicted octanol–water partition coefficient (Wildman–Crippen LogP) is 4.63. The van der Waals surface area contributed by atoms with Crippen molar-refractivity contribution in [2.75, 3.05) is 5.73 Å². The highest BCUT2D eigenvalue weighted by Crippen LogP contribution is 2.40. The van der Waals surface area contributed by atoms with Crippen molar-refractivity contribution in [1.82, 2.24) is 24.5 Å². The monoisotopic (exact) mass is 455 g/mol. The van der Waals surface area contributed by atoms with Crippen molar-refractivity contribution >= 4 is 5.82 Å². The van der Waals surface area contributed by atoms with Gasteiger partial charge in [0.05, 0.1) is 41.9 Å². The van der Waals surface area contributed by atoms with E-state index in [-0.39, 0.29) is 5.82 Å². The number of pyridine rings is 1. The Balaban J connectivity index is 1.63. The zero-order valence-corrected chi connectivity index (χ0v) is 18.6. The first-order valence-electron chi connectivity index (χ1n) is 11.3. The average Bonchev–Trinajstić information content (AvgIpc) is 3.38. The van der Waals surface area contributed by atoms with Crippen molar-refractivity contribution < 1.29 is 9.13 Å². The summed E-state index contributed by atoms with van der Waals surface area (Å²) in [5.41, 5.74) is 11.2. The molecule has 1 unspecified atom stereocenters. The van der Waals surface area contributed by atoms with Crippen LogP contribution in [0.5, 0.6) is 5.75 Å². The number of anilines is 1. The molecule has 0 saturated heterocycles. The summed E-state index contributed by atoms with van der Waals surface area (Å²) in [5.74, 6) is 0.279. The van der Waals surface area contributed by atoms with Crippen LogP contribution < -0.4 is 10.5 Å². The molecule has 4 aromatic rings. The minimum absolute atomic E-state index is 0.254. The van der Waals surface area contributed by atoms with Crippen LogP contribution >= 0.6 is 0 Å². The van der Waals surface area contributed by atoms with Crippen LogP contribution in [0.15, 0.2) is 42.9 Å². The van der Waals surface area contributed by atoms with Crippen molar-refractivity contribution in [3.05, 3.63) is 65.4 Å². The zero-order chi connectivity index (χ0) is 23.4. The summed E-state index contributed by atoms with van der Waals surface area (Å²) in [7, 11) is 0. The highest BCUT2D eigenvalue weighted by Gasteiger charge is 2.28. The minimum Gasteiger partial charge on any atom is -0.482 e. The number of halogens is 1. The van der Waals surface area contributed by atoms with Crippen molar-refractivity contribution in [2.24, 2.45) is 0 Å². The summed E-state index contributed by atoms with van der Waals surface area (Å²) >= 11 is 0. The molecule has 1 fully saturated rings. The Kier molecular flexibility index (Phi) is 4.62. The Morgan fingerprint density at radius 3 is 2.76 bits per heavy atom. The molecule has 1 atom stereocenters. The zero-order valence-electron chi connectivity index (χ0n) is 18.6. The fraction of sp³-hybridized carbons (Fsp3) is 0.280. The van der Waals surface area contributed by atoms with Gasteiger partial charge >= 0.3 is 0 Å². The van der Waals surface area contributed by atoms with Gasteiger partial charge in [0.25, 0.3) is 0 Å². The number of hydrogen-bond acceptors (Lipinski definition) is 6. The van der Waals surface area contributed by atoms with Crippen molar-refractivity contribution in [1.29, 1.82) is 5.26 Å². The van der Waals surface area contributed by atoms with Crippen LogP contribution in [-0.4, -0.2) is 24.5 Å². The molecular weight excluding hydrogens is 433 g/mol. The van der Waals surface area contributed by atoms with Crippen LogP contribution in [0.25, 0.3) is 22.5 Å². The molecule has 3 aromatic heterocycles. The molecule has 1 aliphatic carbocycles. The Morgan fingerprint density at radius 1 is 1.15 bits per heavy atom. The Hall–Kier alpha value is -4.19. The first kappa shape index (κ1) is 20.4. The maximum Gasteiger partial charge on any atom is 0.166 e. The standard InChI is InChI=1S/C25H22FN7O/c1-14-21-8-18(26)5-6-20(21)24-16(9-27)11-30-32(24)13-17-12-31-33(19-3-2-4-19)23(17)15-7-22(34-14)25(28)29-10-15/h5-8,10-12,14,19H,2-4,13H2,1H3,(H2,28,29). The first-order valence-corrected chi connectivity index (χ1v) is 11.3. The van der Waals surface area contributed by atoms with Crippen LogP contribution in [-0.2, 0) is 6.54 Å². The first-order chi connectivity index (χ1) is 16.5. The molecule has 0 amide bonds. The van der Waals surface area contributed by atoms with E-state index in [1.807, 2.05) is 19.2 Å². The number of nitrogens with two attached hydrogens (primary N) is 1. The summed E-state index contributed by atoms with van der Waals surface area (Å²) in [6.45, 7) is 2.22. The molecule has 9 heteroatoms. The number of nitrogen functional groups attached to an aromatic ring is 1. The number of rotatable bonds is 1. The molecule has 8 nitrogen and oxygen atoms in total. The van der Waals surface area contributed by atoms with Gasteiger partial charge in [-0.3, -0.25) is 9.36 Å². The van der Waals surface area contributed by atoms with Crippen LogP contribution in [0.2, 0.25) is 0 Å². The molecule has 2 N–H and O–H groups in total. The van der Waals surface area contributed by atoms with E-state index in [2.05, 4.69) is 20.8 Å². The van der Waals surface area contributed by atoms with E-state index in [1.54, 1.807) is 23.1 Å². The lowest BCUT2D eigenvalue weighted by atomic mass is 9.92. The quantitative estimate of drug-likeness (QED) is 0.448. The van der Waals surface area contributed by atoms with E-state index >= 15 is 0 Å². The van der Waals surface area contributed by atoms with Crippen LogP contribution in [0.4, 0.5) is 10.2 Å². The summed E-state index contributed by atoms with van der Waals surface area (Å²) in [4.78, 5) is 4.39. The summed E-state index contributed by atoms with van der Waals surface area (Å²) in [6, 6.07) is 8.91. The third kappa shape index (κ3) is 3.14. The van der Waals surface area contributed by atoms with Gasteiger partial charge in [0, 0.05) is 28.5 Å². The smallest absolute Gasteiger partial charge is 0.166 e. The number of benzene rings is 1. The number of nitrogens with zero attached hydrogens (tertiary/aromatic N) is 6. The second kappa shape index (κ2) is 7.70. The molecule has 4 heterocycles. The Bertz CT molecular complexity index is 1460. The molecule has 6 rings (SSSR count). The van der Waals surface area contributed by atoms with Gasteiger partial charge in [-0.05, 0) is 50.5 Å². The van der Waals surface area contributed by atoms with Gasteiger partial charge in [-0.25, -0.2) is 9.37 Å². The van der Waals surface area contributed by atoms with Gasteiger partial charge in [0.2, 0.25) is 0 Å². The fourth-order valence-corrected chi connectivity index (χ4v) is 4.79. The van der Waals surface area contributed by atoms with Gasteiger partial charge in [0.1, 0.15) is 18.0 Å². The third-order valence-electron chi connectivity index (χ3n) is 6.74. The van der Waals surface area contributed by atoms with Gasteiger partial charge in [0.15, 0.2) is 11.6 Å².